The smallest absolute Gasteiger partial charge is 0.415 e. The molecule has 1 aromatic heterocycles. The number of alkyl halides is 3. The van der Waals surface area contributed by atoms with Crippen molar-refractivity contribution >= 4 is 28.9 Å². The molecule has 12 heteroatoms. The number of benzene rings is 1. The van der Waals surface area contributed by atoms with E-state index in [1.54, 1.807) is 20.3 Å². The molecule has 1 saturated heterocycles. The van der Waals surface area contributed by atoms with E-state index in [-0.39, 0.29) is 11.5 Å². The first-order valence-electron chi connectivity index (χ1n) is 9.69. The molecule has 0 amide bonds. The molecule has 2 aliphatic rings. The summed E-state index contributed by atoms with van der Waals surface area (Å²) in [6.07, 6.45) is -4.11. The molecule has 2 fully saturated rings. The number of anilines is 1. The lowest BCUT2D eigenvalue weighted by molar-refractivity contribution is -0.207. The second kappa shape index (κ2) is 8.15. The van der Waals surface area contributed by atoms with Crippen LogP contribution in [0.1, 0.15) is 12.8 Å². The fourth-order valence-electron chi connectivity index (χ4n) is 4.49. The predicted molar refractivity (Wildman–Crippen MR) is 111 cm³/mol. The summed E-state index contributed by atoms with van der Waals surface area (Å²) < 4.78 is 50.2. The monoisotopic (exact) mass is 459 g/mol. The number of hydrogen-bond acceptors (Lipinski definition) is 9. The summed E-state index contributed by atoms with van der Waals surface area (Å²) in [6.45, 7) is 0.955. The highest BCUT2D eigenvalue weighted by molar-refractivity contribution is 7.94. The van der Waals surface area contributed by atoms with Crippen molar-refractivity contribution in [2.45, 2.75) is 31.2 Å². The van der Waals surface area contributed by atoms with Gasteiger partial charge >= 0.3 is 6.18 Å². The van der Waals surface area contributed by atoms with Gasteiger partial charge in [0.1, 0.15) is 12.1 Å². The van der Waals surface area contributed by atoms with Crippen molar-refractivity contribution in [3.8, 4) is 11.5 Å². The number of hydrogen-bond donors (Lipinski definition) is 2. The first-order chi connectivity index (χ1) is 14.7. The van der Waals surface area contributed by atoms with Crippen LogP contribution < -0.4 is 19.5 Å². The maximum atomic E-state index is 12.7. The van der Waals surface area contributed by atoms with Crippen molar-refractivity contribution in [2.75, 3.05) is 38.8 Å². The molecule has 3 N–H and O–H groups in total. The van der Waals surface area contributed by atoms with Crippen LogP contribution in [-0.2, 0) is 0 Å². The van der Waals surface area contributed by atoms with Crippen LogP contribution in [0, 0.1) is 5.41 Å². The zero-order valence-corrected chi connectivity index (χ0v) is 17.9. The molecule has 0 radical (unpaired) electrons. The van der Waals surface area contributed by atoms with Gasteiger partial charge in [-0.1, -0.05) is 0 Å². The zero-order chi connectivity index (χ0) is 22.4. The standard InChI is InChI=1S/C19H24F3N5O3S/c1-29-14-3-12-13(4-15(14)30-2)24-10-25-17(12)26-8-18(9-26)5-11(6-18)27(31-23)7-16(28)19(20,21)22/h3-4,10-11,16,28H,5-9,23H2,1-2H3. The Morgan fingerprint density at radius 3 is 2.48 bits per heavy atom. The molecule has 1 unspecified atom stereocenters. The van der Waals surface area contributed by atoms with Crippen LogP contribution in [0.2, 0.25) is 0 Å². The molecule has 2 aromatic rings. The topological polar surface area (TPSA) is 97.0 Å². The minimum atomic E-state index is -4.65. The summed E-state index contributed by atoms with van der Waals surface area (Å²) in [5.74, 6) is 1.96. The quantitative estimate of drug-likeness (QED) is 0.605. The van der Waals surface area contributed by atoms with Gasteiger partial charge in [0.2, 0.25) is 0 Å². The lowest BCUT2D eigenvalue weighted by Crippen LogP contribution is -2.66. The van der Waals surface area contributed by atoms with E-state index in [1.807, 2.05) is 6.07 Å². The second-order valence-corrected chi connectivity index (χ2v) is 8.78. The average molecular weight is 459 g/mol. The second-order valence-electron chi connectivity index (χ2n) is 8.10. The van der Waals surface area contributed by atoms with Crippen molar-refractivity contribution in [1.29, 1.82) is 0 Å². The predicted octanol–water partition coefficient (Wildman–Crippen LogP) is 2.36. The Labute approximate surface area is 181 Å². The highest BCUT2D eigenvalue weighted by Gasteiger charge is 2.55. The van der Waals surface area contributed by atoms with E-state index in [9.17, 15) is 18.3 Å². The van der Waals surface area contributed by atoms with Gasteiger partial charge in [0.05, 0.1) is 19.7 Å². The molecule has 1 aromatic carbocycles. The third kappa shape index (κ3) is 4.09. The highest BCUT2D eigenvalue weighted by atomic mass is 32.2. The Bertz CT molecular complexity index is 949. The normalized spacial score (nSPS) is 19.4. The lowest BCUT2D eigenvalue weighted by Gasteiger charge is -2.61. The minimum Gasteiger partial charge on any atom is -0.493 e. The van der Waals surface area contributed by atoms with Gasteiger partial charge in [0.25, 0.3) is 0 Å². The number of nitrogens with zero attached hydrogens (tertiary/aromatic N) is 4. The van der Waals surface area contributed by atoms with Gasteiger partial charge in [0, 0.05) is 54.7 Å². The summed E-state index contributed by atoms with van der Waals surface area (Å²) in [4.78, 5) is 10.9. The molecule has 0 bridgehead atoms. The van der Waals surface area contributed by atoms with E-state index in [1.165, 1.54) is 10.6 Å². The fourth-order valence-corrected chi connectivity index (χ4v) is 5.04. The summed E-state index contributed by atoms with van der Waals surface area (Å²) in [5, 5.41) is 15.8. The molecule has 4 rings (SSSR count). The van der Waals surface area contributed by atoms with Crippen LogP contribution in [0.15, 0.2) is 18.5 Å². The van der Waals surface area contributed by atoms with Crippen LogP contribution in [0.4, 0.5) is 19.0 Å². The van der Waals surface area contributed by atoms with E-state index in [0.29, 0.717) is 11.5 Å². The number of aliphatic hydroxyl groups is 1. The van der Waals surface area contributed by atoms with Crippen LogP contribution in [0.5, 0.6) is 11.5 Å². The molecule has 2 heterocycles. The van der Waals surface area contributed by atoms with Gasteiger partial charge in [-0.15, -0.1) is 0 Å². The van der Waals surface area contributed by atoms with Gasteiger partial charge in [-0.05, 0) is 18.9 Å². The molecule has 1 aliphatic heterocycles. The molecule has 8 nitrogen and oxygen atoms in total. The number of nitrogens with two attached hydrogens (primary N) is 1. The van der Waals surface area contributed by atoms with Crippen molar-refractivity contribution in [3.05, 3.63) is 18.5 Å². The van der Waals surface area contributed by atoms with E-state index in [4.69, 9.17) is 14.6 Å². The largest absolute Gasteiger partial charge is 0.493 e. The molecular weight excluding hydrogens is 435 g/mol. The average Bonchev–Trinajstić information content (AvgIpc) is 2.68. The Morgan fingerprint density at radius 1 is 1.26 bits per heavy atom. The number of aromatic nitrogens is 2. The van der Waals surface area contributed by atoms with Gasteiger partial charge in [0.15, 0.2) is 17.6 Å². The maximum Gasteiger partial charge on any atom is 0.415 e. The van der Waals surface area contributed by atoms with E-state index in [2.05, 4.69) is 14.9 Å². The number of methoxy groups -OCH3 is 2. The molecule has 170 valence electrons. The summed E-state index contributed by atoms with van der Waals surface area (Å²) in [6, 6.07) is 3.56. The third-order valence-electron chi connectivity index (χ3n) is 6.08. The molecule has 1 saturated carbocycles. The molecule has 1 spiro atoms. The fraction of sp³-hybridized carbons (Fsp3) is 0.579. The van der Waals surface area contributed by atoms with Crippen LogP contribution in [-0.4, -0.2) is 71.6 Å². The van der Waals surface area contributed by atoms with Crippen LogP contribution >= 0.6 is 12.1 Å². The van der Waals surface area contributed by atoms with Crippen molar-refractivity contribution in [3.63, 3.8) is 0 Å². The number of aliphatic hydroxyl groups excluding tert-OH is 1. The SMILES string of the molecule is COc1cc2ncnc(N3CC4(CC(N(CC(O)C(F)(F)F)SN)C4)C3)c2cc1OC. The van der Waals surface area contributed by atoms with E-state index >= 15 is 0 Å². The maximum absolute atomic E-state index is 12.7. The molecule has 1 aliphatic carbocycles. The summed E-state index contributed by atoms with van der Waals surface area (Å²) >= 11 is 0.754. The Kier molecular flexibility index (Phi) is 5.83. The van der Waals surface area contributed by atoms with Crippen LogP contribution in [0.3, 0.4) is 0 Å². The van der Waals surface area contributed by atoms with Crippen molar-refractivity contribution in [1.82, 2.24) is 14.3 Å². The number of ether oxygens (including phenoxy) is 2. The van der Waals surface area contributed by atoms with Crippen LogP contribution in [0.25, 0.3) is 10.9 Å². The van der Waals surface area contributed by atoms with Gasteiger partial charge in [-0.2, -0.15) is 13.2 Å². The number of fused-ring (bicyclic) bond motifs is 1. The molecular formula is C19H24F3N5O3S. The number of halogens is 3. The Morgan fingerprint density at radius 2 is 1.90 bits per heavy atom. The van der Waals surface area contributed by atoms with Gasteiger partial charge in [-0.3, -0.25) is 5.14 Å². The Hall–Kier alpha value is -2.02. The van der Waals surface area contributed by atoms with Gasteiger partial charge in [-0.25, -0.2) is 14.3 Å². The highest BCUT2D eigenvalue weighted by Crippen LogP contribution is 2.52. The summed E-state index contributed by atoms with van der Waals surface area (Å²) in [5.41, 5.74) is 0.761. The summed E-state index contributed by atoms with van der Waals surface area (Å²) in [7, 11) is 3.13. The van der Waals surface area contributed by atoms with Crippen molar-refractivity contribution in [2.24, 2.45) is 10.6 Å². The van der Waals surface area contributed by atoms with Crippen molar-refractivity contribution < 1.29 is 27.8 Å². The Balaban J connectivity index is 1.43. The van der Waals surface area contributed by atoms with E-state index in [0.717, 1.165) is 54.8 Å². The number of rotatable bonds is 7. The van der Waals surface area contributed by atoms with Gasteiger partial charge < -0.3 is 19.5 Å². The van der Waals surface area contributed by atoms with E-state index < -0.39 is 18.8 Å². The molecule has 1 atom stereocenters. The molecule has 31 heavy (non-hydrogen) atoms. The zero-order valence-electron chi connectivity index (χ0n) is 17.1. The minimum absolute atomic E-state index is 0.0235. The third-order valence-corrected chi connectivity index (χ3v) is 6.80. The first-order valence-corrected chi connectivity index (χ1v) is 10.5. The first kappa shape index (κ1) is 22.2. The lowest BCUT2D eigenvalue weighted by atomic mass is 9.60.